The van der Waals surface area contributed by atoms with E-state index in [0.717, 1.165) is 31.9 Å². The third kappa shape index (κ3) is 5.98. The summed E-state index contributed by atoms with van der Waals surface area (Å²) >= 11 is 0. The minimum atomic E-state index is -0.871. The van der Waals surface area contributed by atoms with Gasteiger partial charge in [-0.3, -0.25) is 24.6 Å². The van der Waals surface area contributed by atoms with Crippen molar-refractivity contribution in [3.63, 3.8) is 0 Å². The van der Waals surface area contributed by atoms with E-state index in [1.807, 2.05) is 0 Å². The molecule has 0 atom stereocenters. The van der Waals surface area contributed by atoms with Crippen LogP contribution in [0.3, 0.4) is 0 Å². The summed E-state index contributed by atoms with van der Waals surface area (Å²) in [5.41, 5.74) is 1.65. The van der Waals surface area contributed by atoms with Crippen molar-refractivity contribution in [3.05, 3.63) is 64.0 Å². The van der Waals surface area contributed by atoms with Crippen molar-refractivity contribution in [2.75, 3.05) is 49.5 Å². The SMILES string of the molecule is Cc1ccc([N+](=O)[O-])cc1NC(=O)C(=O)NCCN1CCN(c2ccc(F)cc2)CC1. The first kappa shape index (κ1) is 22.2. The van der Waals surface area contributed by atoms with E-state index >= 15 is 0 Å². The Kier molecular flexibility index (Phi) is 7.14. The molecule has 0 saturated carbocycles. The van der Waals surface area contributed by atoms with E-state index in [2.05, 4.69) is 20.4 Å². The fraction of sp³-hybridized carbons (Fsp3) is 0.333. The van der Waals surface area contributed by atoms with Gasteiger partial charge in [0.25, 0.3) is 5.69 Å². The zero-order valence-corrected chi connectivity index (χ0v) is 17.1. The summed E-state index contributed by atoms with van der Waals surface area (Å²) in [4.78, 5) is 38.8. The summed E-state index contributed by atoms with van der Waals surface area (Å²) in [6.45, 7) is 5.71. The molecule has 2 aromatic carbocycles. The minimum Gasteiger partial charge on any atom is -0.369 e. The van der Waals surface area contributed by atoms with E-state index in [1.165, 1.54) is 30.3 Å². The molecule has 1 aliphatic heterocycles. The van der Waals surface area contributed by atoms with Gasteiger partial charge in [0.1, 0.15) is 5.82 Å². The molecule has 0 unspecified atom stereocenters. The van der Waals surface area contributed by atoms with Gasteiger partial charge in [-0.25, -0.2) is 4.39 Å². The smallest absolute Gasteiger partial charge is 0.313 e. The number of hydrogen-bond donors (Lipinski definition) is 2. The number of rotatable bonds is 6. The monoisotopic (exact) mass is 429 g/mol. The number of hydrogen-bond acceptors (Lipinski definition) is 6. The second-order valence-electron chi connectivity index (χ2n) is 7.27. The molecule has 1 fully saturated rings. The Hall–Kier alpha value is -3.53. The van der Waals surface area contributed by atoms with Crippen molar-refractivity contribution in [2.24, 2.45) is 0 Å². The van der Waals surface area contributed by atoms with Crippen LogP contribution in [0.1, 0.15) is 5.56 Å². The van der Waals surface area contributed by atoms with Crippen LogP contribution in [-0.2, 0) is 9.59 Å². The molecule has 0 aromatic heterocycles. The zero-order valence-electron chi connectivity index (χ0n) is 17.1. The summed E-state index contributed by atoms with van der Waals surface area (Å²) in [6, 6.07) is 10.5. The van der Waals surface area contributed by atoms with E-state index in [-0.39, 0.29) is 17.2 Å². The average molecular weight is 429 g/mol. The third-order valence-electron chi connectivity index (χ3n) is 5.16. The highest BCUT2D eigenvalue weighted by molar-refractivity contribution is 6.39. The lowest BCUT2D eigenvalue weighted by Gasteiger charge is -2.36. The van der Waals surface area contributed by atoms with E-state index in [4.69, 9.17) is 0 Å². The van der Waals surface area contributed by atoms with Crippen molar-refractivity contribution in [1.82, 2.24) is 10.2 Å². The van der Waals surface area contributed by atoms with E-state index < -0.39 is 16.7 Å². The average Bonchev–Trinajstić information content (AvgIpc) is 2.76. The Labute approximate surface area is 179 Å². The lowest BCUT2D eigenvalue weighted by molar-refractivity contribution is -0.384. The standard InChI is InChI=1S/C21H24FN5O4/c1-15-2-5-18(27(30)31)14-19(15)24-21(29)20(28)23-8-9-25-10-12-26(13-11-25)17-6-3-16(22)4-7-17/h2-7,14H,8-13H2,1H3,(H,23,28)(H,24,29). The van der Waals surface area contributed by atoms with Gasteiger partial charge in [-0.05, 0) is 36.8 Å². The van der Waals surface area contributed by atoms with Gasteiger partial charge in [0.15, 0.2) is 0 Å². The number of anilines is 2. The van der Waals surface area contributed by atoms with Gasteiger partial charge in [0.05, 0.1) is 10.6 Å². The van der Waals surface area contributed by atoms with Crippen molar-refractivity contribution in [3.8, 4) is 0 Å². The molecular weight excluding hydrogens is 405 g/mol. The fourth-order valence-corrected chi connectivity index (χ4v) is 3.33. The maximum Gasteiger partial charge on any atom is 0.313 e. The Morgan fingerprint density at radius 3 is 2.39 bits per heavy atom. The van der Waals surface area contributed by atoms with Gasteiger partial charge >= 0.3 is 11.8 Å². The maximum atomic E-state index is 13.1. The zero-order chi connectivity index (χ0) is 22.4. The second kappa shape index (κ2) is 9.98. The van der Waals surface area contributed by atoms with Gasteiger partial charge in [-0.1, -0.05) is 6.07 Å². The number of benzene rings is 2. The molecule has 3 rings (SSSR count). The number of piperazine rings is 1. The fourth-order valence-electron chi connectivity index (χ4n) is 3.33. The number of amides is 2. The molecule has 2 aromatic rings. The van der Waals surface area contributed by atoms with Crippen molar-refractivity contribution >= 4 is 28.9 Å². The van der Waals surface area contributed by atoms with Crippen LogP contribution < -0.4 is 15.5 Å². The highest BCUT2D eigenvalue weighted by Gasteiger charge is 2.19. The Morgan fingerprint density at radius 2 is 1.74 bits per heavy atom. The number of non-ortho nitro benzene ring substituents is 1. The highest BCUT2D eigenvalue weighted by atomic mass is 19.1. The van der Waals surface area contributed by atoms with Crippen LogP contribution in [0.25, 0.3) is 0 Å². The van der Waals surface area contributed by atoms with Crippen molar-refractivity contribution in [2.45, 2.75) is 6.92 Å². The molecule has 164 valence electrons. The predicted octanol–water partition coefficient (Wildman–Crippen LogP) is 1.92. The third-order valence-corrected chi connectivity index (χ3v) is 5.16. The number of carbonyl (C=O) groups is 2. The normalized spacial score (nSPS) is 14.2. The van der Waals surface area contributed by atoms with Gasteiger partial charge in [-0.2, -0.15) is 0 Å². The molecule has 2 N–H and O–H groups in total. The van der Waals surface area contributed by atoms with E-state index in [0.29, 0.717) is 18.7 Å². The molecule has 10 heteroatoms. The Balaban J connectivity index is 1.41. The molecule has 0 spiro atoms. The number of aryl methyl sites for hydroxylation is 1. The van der Waals surface area contributed by atoms with Crippen LogP contribution >= 0.6 is 0 Å². The molecule has 31 heavy (non-hydrogen) atoms. The maximum absolute atomic E-state index is 13.1. The number of nitro groups is 1. The first-order chi connectivity index (χ1) is 14.8. The molecule has 0 bridgehead atoms. The number of nitrogens with zero attached hydrogens (tertiary/aromatic N) is 3. The number of halogens is 1. The molecule has 9 nitrogen and oxygen atoms in total. The first-order valence-electron chi connectivity index (χ1n) is 9.90. The summed E-state index contributed by atoms with van der Waals surface area (Å²) in [5, 5.41) is 15.9. The van der Waals surface area contributed by atoms with Crippen molar-refractivity contribution in [1.29, 1.82) is 0 Å². The topological polar surface area (TPSA) is 108 Å². The molecule has 2 amide bonds. The second-order valence-corrected chi connectivity index (χ2v) is 7.27. The van der Waals surface area contributed by atoms with E-state index in [9.17, 15) is 24.1 Å². The molecule has 1 saturated heterocycles. The quantitative estimate of drug-likeness (QED) is 0.413. The van der Waals surface area contributed by atoms with Crippen LogP contribution in [0.4, 0.5) is 21.5 Å². The van der Waals surface area contributed by atoms with Crippen LogP contribution in [0.15, 0.2) is 42.5 Å². The van der Waals surface area contributed by atoms with Crippen LogP contribution in [0, 0.1) is 22.9 Å². The molecule has 1 aliphatic rings. The lowest BCUT2D eigenvalue weighted by Crippen LogP contribution is -2.49. The van der Waals surface area contributed by atoms with Gasteiger partial charge in [0, 0.05) is 57.1 Å². The van der Waals surface area contributed by atoms with Crippen molar-refractivity contribution < 1.29 is 18.9 Å². The number of carbonyl (C=O) groups excluding carboxylic acids is 2. The Morgan fingerprint density at radius 1 is 1.06 bits per heavy atom. The van der Waals surface area contributed by atoms with Gasteiger partial charge in [-0.15, -0.1) is 0 Å². The first-order valence-corrected chi connectivity index (χ1v) is 9.90. The Bertz CT molecular complexity index is 959. The summed E-state index contributed by atoms with van der Waals surface area (Å²) in [6.07, 6.45) is 0. The summed E-state index contributed by atoms with van der Waals surface area (Å²) < 4.78 is 13.1. The molecule has 1 heterocycles. The van der Waals surface area contributed by atoms with Crippen LogP contribution in [-0.4, -0.2) is 60.9 Å². The van der Waals surface area contributed by atoms with Gasteiger partial charge < -0.3 is 15.5 Å². The van der Waals surface area contributed by atoms with Crippen LogP contribution in [0.5, 0.6) is 0 Å². The van der Waals surface area contributed by atoms with Gasteiger partial charge in [0.2, 0.25) is 0 Å². The predicted molar refractivity (Wildman–Crippen MR) is 115 cm³/mol. The van der Waals surface area contributed by atoms with E-state index in [1.54, 1.807) is 19.1 Å². The number of nitrogens with one attached hydrogen (secondary N) is 2. The minimum absolute atomic E-state index is 0.166. The number of nitro benzene ring substituents is 1. The largest absolute Gasteiger partial charge is 0.369 e. The molecular formula is C21H24FN5O4. The lowest BCUT2D eigenvalue weighted by atomic mass is 10.2. The van der Waals surface area contributed by atoms with Crippen LogP contribution in [0.2, 0.25) is 0 Å². The molecule has 0 radical (unpaired) electrons. The highest BCUT2D eigenvalue weighted by Crippen LogP contribution is 2.21. The summed E-state index contributed by atoms with van der Waals surface area (Å²) in [5.74, 6) is -1.93. The summed E-state index contributed by atoms with van der Waals surface area (Å²) in [7, 11) is 0. The molecule has 0 aliphatic carbocycles.